The standard InChI is InChI=1S/C14H13FN4O2/c1-2-18-8-12(17)13(20)19(14(18)21)7-10-5-9(6-16)3-4-11(10)15/h3-5,8H,2,7,17H2,1H3. The molecular formula is C14H13FN4O2. The minimum absolute atomic E-state index is 0.0847. The van der Waals surface area contributed by atoms with Crippen molar-refractivity contribution in [3.8, 4) is 6.07 Å². The zero-order chi connectivity index (χ0) is 15.6. The quantitative estimate of drug-likeness (QED) is 0.898. The van der Waals surface area contributed by atoms with Gasteiger partial charge in [-0.1, -0.05) is 0 Å². The van der Waals surface area contributed by atoms with Crippen molar-refractivity contribution < 1.29 is 4.39 Å². The Morgan fingerprint density at radius 2 is 2.10 bits per heavy atom. The van der Waals surface area contributed by atoms with Crippen LogP contribution < -0.4 is 17.0 Å². The summed E-state index contributed by atoms with van der Waals surface area (Å²) in [6.45, 7) is 1.79. The molecule has 1 aromatic heterocycles. The Kier molecular flexibility index (Phi) is 3.89. The summed E-state index contributed by atoms with van der Waals surface area (Å²) in [5.74, 6) is -0.592. The van der Waals surface area contributed by atoms with Crippen LogP contribution in [0.2, 0.25) is 0 Å². The number of halogens is 1. The summed E-state index contributed by atoms with van der Waals surface area (Å²) in [7, 11) is 0. The van der Waals surface area contributed by atoms with Gasteiger partial charge in [0.1, 0.15) is 11.5 Å². The van der Waals surface area contributed by atoms with Crippen molar-refractivity contribution in [1.82, 2.24) is 9.13 Å². The monoisotopic (exact) mass is 288 g/mol. The van der Waals surface area contributed by atoms with Gasteiger partial charge in [-0.2, -0.15) is 5.26 Å². The fourth-order valence-corrected chi connectivity index (χ4v) is 1.98. The van der Waals surface area contributed by atoms with E-state index in [0.29, 0.717) is 6.54 Å². The summed E-state index contributed by atoms with van der Waals surface area (Å²) in [6.07, 6.45) is 1.27. The summed E-state index contributed by atoms with van der Waals surface area (Å²) in [5, 5.41) is 8.83. The molecule has 108 valence electrons. The third kappa shape index (κ3) is 2.69. The third-order valence-electron chi connectivity index (χ3n) is 3.11. The van der Waals surface area contributed by atoms with Crippen LogP contribution in [-0.4, -0.2) is 9.13 Å². The van der Waals surface area contributed by atoms with Gasteiger partial charge in [0, 0.05) is 18.3 Å². The molecular weight excluding hydrogens is 275 g/mol. The van der Waals surface area contributed by atoms with Crippen LogP contribution in [0.15, 0.2) is 34.0 Å². The van der Waals surface area contributed by atoms with Crippen molar-refractivity contribution in [3.63, 3.8) is 0 Å². The summed E-state index contributed by atoms with van der Waals surface area (Å²) in [6, 6.07) is 5.64. The van der Waals surface area contributed by atoms with Gasteiger partial charge in [-0.15, -0.1) is 0 Å². The Hall–Kier alpha value is -2.88. The molecule has 0 saturated heterocycles. The number of aromatic nitrogens is 2. The second kappa shape index (κ2) is 5.63. The molecule has 0 aliphatic heterocycles. The molecule has 0 bridgehead atoms. The highest BCUT2D eigenvalue weighted by Gasteiger charge is 2.12. The van der Waals surface area contributed by atoms with Crippen LogP contribution in [0.5, 0.6) is 0 Å². The molecule has 1 heterocycles. The maximum Gasteiger partial charge on any atom is 0.331 e. The van der Waals surface area contributed by atoms with Crippen LogP contribution in [0.1, 0.15) is 18.1 Å². The summed E-state index contributed by atoms with van der Waals surface area (Å²) in [5.41, 5.74) is 4.57. The van der Waals surface area contributed by atoms with E-state index in [9.17, 15) is 14.0 Å². The predicted octanol–water partition coefficient (Wildman–Crippen LogP) is 0.671. The molecule has 2 aromatic rings. The Balaban J connectivity index is 2.60. The number of nitrogens with two attached hydrogens (primary N) is 1. The van der Waals surface area contributed by atoms with Crippen molar-refractivity contribution in [2.45, 2.75) is 20.0 Å². The Morgan fingerprint density at radius 1 is 1.38 bits per heavy atom. The van der Waals surface area contributed by atoms with E-state index in [4.69, 9.17) is 11.0 Å². The lowest BCUT2D eigenvalue weighted by Gasteiger charge is -2.10. The molecule has 0 radical (unpaired) electrons. The van der Waals surface area contributed by atoms with Crippen molar-refractivity contribution in [1.29, 1.82) is 5.26 Å². The van der Waals surface area contributed by atoms with Gasteiger partial charge in [0.15, 0.2) is 0 Å². The number of nitrogens with zero attached hydrogens (tertiary/aromatic N) is 3. The fraction of sp³-hybridized carbons (Fsp3) is 0.214. The predicted molar refractivity (Wildman–Crippen MR) is 75.3 cm³/mol. The number of nitriles is 1. The van der Waals surface area contributed by atoms with Crippen LogP contribution in [0.25, 0.3) is 0 Å². The summed E-state index contributed by atoms with van der Waals surface area (Å²) in [4.78, 5) is 24.1. The molecule has 0 aliphatic rings. The Bertz CT molecular complexity index is 846. The van der Waals surface area contributed by atoms with Crippen LogP contribution in [0, 0.1) is 17.1 Å². The van der Waals surface area contributed by atoms with E-state index in [0.717, 1.165) is 10.6 Å². The number of anilines is 1. The van der Waals surface area contributed by atoms with E-state index >= 15 is 0 Å². The van der Waals surface area contributed by atoms with Crippen LogP contribution in [-0.2, 0) is 13.1 Å². The molecule has 0 atom stereocenters. The van der Waals surface area contributed by atoms with Crippen LogP contribution in [0.4, 0.5) is 10.1 Å². The van der Waals surface area contributed by atoms with Gasteiger partial charge in [-0.3, -0.25) is 13.9 Å². The minimum Gasteiger partial charge on any atom is -0.393 e. The molecule has 0 fully saturated rings. The second-order valence-electron chi connectivity index (χ2n) is 4.46. The average Bonchev–Trinajstić information content (AvgIpc) is 2.49. The van der Waals surface area contributed by atoms with Crippen LogP contribution in [0.3, 0.4) is 0 Å². The minimum atomic E-state index is -0.675. The number of aryl methyl sites for hydroxylation is 1. The van der Waals surface area contributed by atoms with Gasteiger partial charge in [0.05, 0.1) is 18.2 Å². The lowest BCUT2D eigenvalue weighted by molar-refractivity contribution is 0.567. The topological polar surface area (TPSA) is 93.8 Å². The normalized spacial score (nSPS) is 10.3. The fourth-order valence-electron chi connectivity index (χ4n) is 1.98. The van der Waals surface area contributed by atoms with Crippen molar-refractivity contribution in [2.24, 2.45) is 0 Å². The Morgan fingerprint density at radius 3 is 2.71 bits per heavy atom. The van der Waals surface area contributed by atoms with Gasteiger partial charge < -0.3 is 5.73 Å². The number of hydrogen-bond acceptors (Lipinski definition) is 4. The van der Waals surface area contributed by atoms with E-state index in [-0.39, 0.29) is 23.4 Å². The van der Waals surface area contributed by atoms with E-state index < -0.39 is 17.1 Å². The number of nitrogen functional groups attached to an aromatic ring is 1. The summed E-state index contributed by atoms with van der Waals surface area (Å²) >= 11 is 0. The van der Waals surface area contributed by atoms with Crippen molar-refractivity contribution in [2.75, 3.05) is 5.73 Å². The van der Waals surface area contributed by atoms with Crippen LogP contribution >= 0.6 is 0 Å². The van der Waals surface area contributed by atoms with Gasteiger partial charge in [0.25, 0.3) is 5.56 Å². The molecule has 21 heavy (non-hydrogen) atoms. The molecule has 0 aliphatic carbocycles. The maximum absolute atomic E-state index is 13.8. The number of rotatable bonds is 3. The highest BCUT2D eigenvalue weighted by atomic mass is 19.1. The largest absolute Gasteiger partial charge is 0.393 e. The first kappa shape index (κ1) is 14.5. The molecule has 0 unspecified atom stereocenters. The SMILES string of the molecule is CCn1cc(N)c(=O)n(Cc2cc(C#N)ccc2F)c1=O. The second-order valence-corrected chi connectivity index (χ2v) is 4.46. The number of benzene rings is 1. The van der Waals surface area contributed by atoms with Crippen molar-refractivity contribution >= 4 is 5.69 Å². The molecule has 1 aromatic carbocycles. The zero-order valence-electron chi connectivity index (χ0n) is 11.3. The first-order chi connectivity index (χ1) is 9.97. The first-order valence-corrected chi connectivity index (χ1v) is 6.26. The highest BCUT2D eigenvalue weighted by molar-refractivity contribution is 5.35. The van der Waals surface area contributed by atoms with Gasteiger partial charge in [0.2, 0.25) is 0 Å². The molecule has 0 amide bonds. The lowest BCUT2D eigenvalue weighted by atomic mass is 10.1. The lowest BCUT2D eigenvalue weighted by Crippen LogP contribution is -2.40. The van der Waals surface area contributed by atoms with Crippen molar-refractivity contribution in [3.05, 3.63) is 62.2 Å². The molecule has 7 heteroatoms. The van der Waals surface area contributed by atoms with Gasteiger partial charge in [-0.25, -0.2) is 9.18 Å². The molecule has 0 saturated carbocycles. The smallest absolute Gasteiger partial charge is 0.331 e. The molecule has 6 nitrogen and oxygen atoms in total. The van der Waals surface area contributed by atoms with Gasteiger partial charge >= 0.3 is 5.69 Å². The molecule has 2 N–H and O–H groups in total. The van der Waals surface area contributed by atoms with E-state index in [1.54, 1.807) is 6.92 Å². The highest BCUT2D eigenvalue weighted by Crippen LogP contribution is 2.10. The maximum atomic E-state index is 13.8. The number of hydrogen-bond donors (Lipinski definition) is 1. The van der Waals surface area contributed by atoms with E-state index in [1.165, 1.54) is 22.9 Å². The third-order valence-corrected chi connectivity index (χ3v) is 3.11. The average molecular weight is 288 g/mol. The van der Waals surface area contributed by atoms with E-state index in [1.807, 2.05) is 6.07 Å². The summed E-state index contributed by atoms with van der Waals surface area (Å²) < 4.78 is 15.9. The first-order valence-electron chi connectivity index (χ1n) is 6.26. The Labute approximate surface area is 119 Å². The molecule has 0 spiro atoms. The zero-order valence-corrected chi connectivity index (χ0v) is 11.3. The molecule has 2 rings (SSSR count). The van der Waals surface area contributed by atoms with E-state index in [2.05, 4.69) is 0 Å². The van der Waals surface area contributed by atoms with Gasteiger partial charge in [-0.05, 0) is 25.1 Å².